The van der Waals surface area contributed by atoms with Gasteiger partial charge in [0.15, 0.2) is 13.2 Å². The summed E-state index contributed by atoms with van der Waals surface area (Å²) in [6.45, 7) is 42.1. The van der Waals surface area contributed by atoms with Crippen molar-refractivity contribution in [3.05, 3.63) is 12.1 Å². The number of carbonyl (C=O) groups is 5. The number of carbonyl (C=O) groups excluding carboxylic acids is 3. The minimum Gasteiger partial charge on any atom is -0.483 e. The van der Waals surface area contributed by atoms with Crippen molar-refractivity contribution in [3.63, 3.8) is 0 Å². The van der Waals surface area contributed by atoms with Crippen LogP contribution in [0.25, 0.3) is 0 Å². The fourth-order valence-electron chi connectivity index (χ4n) is 3.78. The minimum absolute atomic E-state index is 0. The molecule has 0 spiro atoms. The monoisotopic (exact) mass is 1280 g/mol. The summed E-state index contributed by atoms with van der Waals surface area (Å²) in [7, 11) is 0.941. The Morgan fingerprint density at radius 2 is 0.982 bits per heavy atom. The third-order valence-corrected chi connectivity index (χ3v) is 16.6. The third-order valence-electron chi connectivity index (χ3n) is 8.17. The zero-order chi connectivity index (χ0) is 45.8. The summed E-state index contributed by atoms with van der Waals surface area (Å²) < 4.78 is 31.7. The molecule has 0 aliphatic rings. The molecular formula is C40H88N4O9P2ReRf-2. The van der Waals surface area contributed by atoms with Crippen molar-refractivity contribution in [1.82, 2.24) is 14.0 Å². The van der Waals surface area contributed by atoms with Gasteiger partial charge in [-0.15, -0.1) is 0 Å². The van der Waals surface area contributed by atoms with Gasteiger partial charge in [-0.3, -0.25) is 34.6 Å². The van der Waals surface area contributed by atoms with E-state index in [2.05, 4.69) is 41.5 Å². The molecule has 3 atom stereocenters. The van der Waals surface area contributed by atoms with Gasteiger partial charge in [-0.1, -0.05) is 90.5 Å². The zero-order valence-electron chi connectivity index (χ0n) is 40.1. The largest absolute Gasteiger partial charge is 0.483 e. The van der Waals surface area contributed by atoms with Gasteiger partial charge in [0.1, 0.15) is 18.9 Å². The molecule has 0 aliphatic carbocycles. The van der Waals surface area contributed by atoms with Crippen LogP contribution in [-0.4, -0.2) is 104 Å². The first kappa shape index (κ1) is 75.7. The average molecular weight is 1280 g/mol. The quantitative estimate of drug-likeness (QED) is 0.0900. The molecule has 0 rings (SSSR count). The van der Waals surface area contributed by atoms with Gasteiger partial charge >= 0.3 is 0 Å². The van der Waals surface area contributed by atoms with Crippen LogP contribution in [0.1, 0.15) is 159 Å². The van der Waals surface area contributed by atoms with Crippen LogP contribution in [0, 0.1) is 22.9 Å². The van der Waals surface area contributed by atoms with Crippen molar-refractivity contribution < 1.29 is 63.7 Å². The molecule has 0 aromatic heterocycles. The molecular weight excluding hydrogens is 1200 g/mol. The first-order chi connectivity index (χ1) is 23.4. The molecule has 17 heteroatoms. The maximum Gasteiger partial charge on any atom is 0.290 e. The standard InChI is InChI=1S/C13H30N2OP.C9H21NOP.C8H14O2.C7H15NO.2CH2O2.CH4.Re.Rf/c1-11(2)14(9)17(16,13(6,7)8)15(10)12(3,4)5;1-8(2)10(6)12(7,11)9(3,4)5;1-6(9)5-7(10)8(2,3)4;1-5(8)6(9)7(2,3)4;2*2-1-3;;;/h1-10H3;1-7H3;5H2,1-4H3;5H,8H2,1-4H3;2*1H,(H,2,3);1H4;;/q2*-1;;;;;;;. The van der Waals surface area contributed by atoms with Crippen LogP contribution in [-0.2, 0) is 53.5 Å². The van der Waals surface area contributed by atoms with E-state index in [0.717, 1.165) is 12.1 Å². The number of rotatable bonds is 8. The first-order valence-corrected chi connectivity index (χ1v) is 21.6. The Morgan fingerprint density at radius 1 is 0.702 bits per heavy atom. The predicted octanol–water partition coefficient (Wildman–Crippen LogP) is 9.97. The van der Waals surface area contributed by atoms with Gasteiger partial charge in [-0.2, -0.15) is 27.7 Å². The fraction of sp³-hybridized carbons (Fsp3) is 0.825. The van der Waals surface area contributed by atoms with Gasteiger partial charge in [0.25, 0.3) is 12.9 Å². The second-order valence-electron chi connectivity index (χ2n) is 18.6. The Balaban J connectivity index is -0.0000000738. The molecule has 13 nitrogen and oxygen atoms in total. The Labute approximate surface area is 359 Å². The topological polar surface area (TPSA) is 196 Å². The molecule has 0 fully saturated rings. The van der Waals surface area contributed by atoms with Crippen molar-refractivity contribution >= 4 is 45.0 Å². The molecule has 4 N–H and O–H groups in total. The van der Waals surface area contributed by atoms with Crippen molar-refractivity contribution in [1.29, 1.82) is 0 Å². The summed E-state index contributed by atoms with van der Waals surface area (Å²) in [6.07, 6.45) is 0.0729. The number of nitrogens with zero attached hydrogens (tertiary/aromatic N) is 3. The average Bonchev–Trinajstić information content (AvgIpc) is 2.93. The summed E-state index contributed by atoms with van der Waals surface area (Å²) in [4.78, 5) is 49.3. The Morgan fingerprint density at radius 3 is 1.07 bits per heavy atom. The van der Waals surface area contributed by atoms with Crippen LogP contribution in [0.3, 0.4) is 0 Å². The number of hydrogen-bond donors (Lipinski definition) is 3. The van der Waals surface area contributed by atoms with E-state index in [1.54, 1.807) is 6.92 Å². The van der Waals surface area contributed by atoms with E-state index in [4.69, 9.17) is 25.5 Å². The summed E-state index contributed by atoms with van der Waals surface area (Å²) in [6, 6.07) is 1.86. The molecule has 0 saturated carbocycles. The van der Waals surface area contributed by atoms with E-state index in [9.17, 15) is 23.5 Å². The van der Waals surface area contributed by atoms with Crippen molar-refractivity contribution in [2.45, 2.75) is 181 Å². The molecule has 0 heterocycles. The summed E-state index contributed by atoms with van der Waals surface area (Å²) in [5, 5.41) is 13.4. The van der Waals surface area contributed by atoms with Gasteiger partial charge < -0.3 is 29.9 Å². The van der Waals surface area contributed by atoms with Gasteiger partial charge in [0.05, 0.1) is 12.5 Å². The number of hydrogen-bond acceptors (Lipinski definition) is 8. The zero-order valence-corrected chi connectivity index (χ0v) is 51.0. The Hall–Kier alpha value is -2.09. The van der Waals surface area contributed by atoms with Crippen LogP contribution in [0.5, 0.6) is 0 Å². The van der Waals surface area contributed by atoms with Gasteiger partial charge in [0.2, 0.25) is 0 Å². The molecule has 57 heavy (non-hydrogen) atoms. The molecule has 0 aromatic carbocycles. The van der Waals surface area contributed by atoms with Gasteiger partial charge in [-0.25, -0.2) is 10.7 Å². The maximum absolute atomic E-state index is 13.6. The number of Topliss-reactive ketones (excluding diaryl/α,β-unsaturated/α-hetero) is 3. The molecule has 3 unspecified atom stereocenters. The van der Waals surface area contributed by atoms with E-state index in [-0.39, 0.29) is 97.3 Å². The molecule has 0 bridgehead atoms. The smallest absolute Gasteiger partial charge is 0.290 e. The Kier molecular flexibility index (Phi) is 41.0. The van der Waals surface area contributed by atoms with Crippen LogP contribution in [0.4, 0.5) is 0 Å². The first-order valence-electron chi connectivity index (χ1n) is 17.9. The molecule has 1 radical (unpaired) electrons. The maximum atomic E-state index is 13.6. The van der Waals surface area contributed by atoms with Gasteiger partial charge in [0, 0.05) is 53.8 Å². The third kappa shape index (κ3) is 31.5. The summed E-state index contributed by atoms with van der Waals surface area (Å²) in [5.41, 5.74) is 4.60. The number of carboxylic acid groups (broad SMARTS) is 2. The predicted molar refractivity (Wildman–Crippen MR) is 235 cm³/mol. The molecule has 0 aliphatic heterocycles. The fourth-order valence-corrected chi connectivity index (χ4v) is 9.01. The van der Waals surface area contributed by atoms with Gasteiger partial charge in [-0.05, 0) is 55.8 Å². The van der Waals surface area contributed by atoms with E-state index in [1.165, 1.54) is 6.92 Å². The number of nitrogens with two attached hydrogens (primary N) is 1. The summed E-state index contributed by atoms with van der Waals surface area (Å²) >= 11 is 0. The second-order valence-corrected chi connectivity index (χ2v) is 25.9. The van der Waals surface area contributed by atoms with Crippen LogP contribution in [0.2, 0.25) is 0 Å². The van der Waals surface area contributed by atoms with Crippen molar-refractivity contribution in [2.24, 2.45) is 16.6 Å². The van der Waals surface area contributed by atoms with Crippen LogP contribution in [0.15, 0.2) is 0 Å². The van der Waals surface area contributed by atoms with Crippen LogP contribution >= 0.6 is 14.7 Å². The summed E-state index contributed by atoms with van der Waals surface area (Å²) in [5.74, 6) is 0.0717. The van der Waals surface area contributed by atoms with Crippen LogP contribution < -0.4 is 5.73 Å². The van der Waals surface area contributed by atoms with Crippen molar-refractivity contribution in [2.75, 3.05) is 27.8 Å². The molecule has 0 saturated heterocycles. The van der Waals surface area contributed by atoms with E-state index >= 15 is 0 Å². The van der Waals surface area contributed by atoms with E-state index < -0.39 is 14.7 Å². The molecule has 0 aromatic rings. The Bertz CT molecular complexity index is 1210. The van der Waals surface area contributed by atoms with E-state index in [0.29, 0.717) is 0 Å². The normalized spacial score (nSPS) is 14.0. The van der Waals surface area contributed by atoms with Crippen molar-refractivity contribution in [3.8, 4) is 0 Å². The molecule has 0 amide bonds. The number of ketones is 3. The van der Waals surface area contributed by atoms with E-state index in [1.807, 2.05) is 132 Å². The second kappa shape index (κ2) is 30.9. The SMILES string of the molecule is C.CC(=O)CC(=O)C(C)(C)C.CC(N)C(=O)C(C)(C)C.C[C-](C)N(C)P(=O)(N(C)C(C)(C)C)C(C)(C)C.C[C-](C)N(C)P(C)(=O)C(C)(C)C.O=CO.O=CO.[Re].[Rf]. The molecule has 343 valence electrons. The minimum atomic E-state index is -2.63.